The van der Waals surface area contributed by atoms with E-state index >= 15 is 4.39 Å². The molecule has 9 nitrogen and oxygen atoms in total. The summed E-state index contributed by atoms with van der Waals surface area (Å²) >= 11 is 2.96. The molecule has 242 valence electrons. The highest BCUT2D eigenvalue weighted by Gasteiger charge is 2.38. The molecule has 0 saturated heterocycles. The van der Waals surface area contributed by atoms with Crippen molar-refractivity contribution in [1.29, 1.82) is 0 Å². The summed E-state index contributed by atoms with van der Waals surface area (Å²) in [7, 11) is 3.90. The molecule has 0 bridgehead atoms. The van der Waals surface area contributed by atoms with Gasteiger partial charge in [0.1, 0.15) is 11.3 Å². The predicted octanol–water partition coefficient (Wildman–Crippen LogP) is 6.15. The molecule has 0 atom stereocenters. The lowest BCUT2D eigenvalue weighted by Gasteiger charge is -2.36. The number of halogens is 5. The first-order chi connectivity index (χ1) is 20.8. The van der Waals surface area contributed by atoms with E-state index < -0.39 is 47.1 Å². The fourth-order valence-electron chi connectivity index (χ4n) is 5.13. The van der Waals surface area contributed by atoms with E-state index in [2.05, 4.69) is 27.8 Å². The first kappa shape index (κ1) is 35.4. The summed E-state index contributed by atoms with van der Waals surface area (Å²) < 4.78 is 78.4. The quantitative estimate of drug-likeness (QED) is 0.140. The van der Waals surface area contributed by atoms with Crippen molar-refractivity contribution >= 4 is 39.3 Å². The van der Waals surface area contributed by atoms with Gasteiger partial charge in [0.2, 0.25) is 11.8 Å². The number of Topliss-reactive ketones (excluding diaryl/α,β-unsaturated/α-hetero) is 1. The Hall–Kier alpha value is -3.10. The molecule has 1 amide bonds. The number of benzene rings is 1. The highest BCUT2D eigenvalue weighted by Crippen LogP contribution is 2.40. The monoisotopic (exact) mass is 690 g/mol. The van der Waals surface area contributed by atoms with Gasteiger partial charge in [-0.2, -0.15) is 13.2 Å². The lowest BCUT2D eigenvalue weighted by Crippen LogP contribution is -2.49. The van der Waals surface area contributed by atoms with Crippen molar-refractivity contribution < 1.29 is 50.9 Å². The minimum Gasteiger partial charge on any atom is -0.465 e. The summed E-state index contributed by atoms with van der Waals surface area (Å²) in [5.41, 5.74) is -1.86. The molecule has 3 rings (SSSR count). The molecule has 1 aliphatic rings. The standard InChI is InChI=1S/C30H35BrF4N2O7/c1-17-5-7-19(8-6-17)28(39)37(20(15-41-2)16-42-3)25-12-24(32)26(11-22(25)29(40)43-4)44-27-23(30(33,34)35)10-18(14-36-27)9-21(38)13-31/h10-12,14,17,19-20H,5-9,13,15-16H2,1-4H3/t17-,19-. The van der Waals surface area contributed by atoms with Crippen LogP contribution in [0.5, 0.6) is 11.6 Å². The predicted molar refractivity (Wildman–Crippen MR) is 156 cm³/mol. The van der Waals surface area contributed by atoms with Gasteiger partial charge in [0.05, 0.1) is 42.9 Å². The van der Waals surface area contributed by atoms with E-state index in [0.29, 0.717) is 24.8 Å². The summed E-state index contributed by atoms with van der Waals surface area (Å²) in [5, 5.41) is -0.0600. The van der Waals surface area contributed by atoms with Crippen LogP contribution in [0.4, 0.5) is 23.2 Å². The van der Waals surface area contributed by atoms with Crippen LogP contribution < -0.4 is 9.64 Å². The molecule has 14 heteroatoms. The number of ketones is 1. The molecular formula is C30H35BrF4N2O7. The SMILES string of the molecule is COCC(COC)N(c1cc(F)c(Oc2ncc(CC(=O)CBr)cc2C(F)(F)F)cc1C(=O)OC)C(=O)[C@H]1CC[C@H](C)CC1. The van der Waals surface area contributed by atoms with Gasteiger partial charge in [-0.3, -0.25) is 9.59 Å². The molecule has 0 spiro atoms. The van der Waals surface area contributed by atoms with Crippen LogP contribution in [0, 0.1) is 17.7 Å². The van der Waals surface area contributed by atoms with Crippen LogP contribution in [0.3, 0.4) is 0 Å². The third-order valence-corrected chi connectivity index (χ3v) is 8.00. The van der Waals surface area contributed by atoms with Crippen LogP contribution in [0.25, 0.3) is 0 Å². The maximum atomic E-state index is 15.7. The summed E-state index contributed by atoms with van der Waals surface area (Å²) in [6.07, 6.45) is -1.47. The van der Waals surface area contributed by atoms with Crippen LogP contribution in [-0.4, -0.2) is 68.6 Å². The number of anilines is 1. The van der Waals surface area contributed by atoms with Crippen molar-refractivity contribution in [3.8, 4) is 11.6 Å². The summed E-state index contributed by atoms with van der Waals surface area (Å²) in [6.45, 7) is 2.05. The van der Waals surface area contributed by atoms with E-state index in [9.17, 15) is 27.6 Å². The molecule has 1 heterocycles. The number of hydrogen-bond donors (Lipinski definition) is 0. The van der Waals surface area contributed by atoms with Crippen LogP contribution >= 0.6 is 15.9 Å². The van der Waals surface area contributed by atoms with Crippen molar-refractivity contribution in [3.05, 3.63) is 46.9 Å². The number of aromatic nitrogens is 1. The zero-order valence-electron chi connectivity index (χ0n) is 24.8. The smallest absolute Gasteiger partial charge is 0.421 e. The molecule has 1 aromatic carbocycles. The number of amides is 1. The molecule has 1 saturated carbocycles. The molecule has 44 heavy (non-hydrogen) atoms. The molecule has 2 aromatic rings. The van der Waals surface area contributed by atoms with E-state index in [1.807, 2.05) is 0 Å². The number of ether oxygens (including phenoxy) is 4. The normalized spacial score (nSPS) is 17.0. The zero-order valence-corrected chi connectivity index (χ0v) is 26.4. The Labute approximate surface area is 261 Å². The average Bonchev–Trinajstić information content (AvgIpc) is 2.98. The van der Waals surface area contributed by atoms with Gasteiger partial charge in [-0.05, 0) is 43.2 Å². The van der Waals surface area contributed by atoms with Gasteiger partial charge in [-0.1, -0.05) is 22.9 Å². The highest BCUT2D eigenvalue weighted by atomic mass is 79.9. The van der Waals surface area contributed by atoms with Gasteiger partial charge in [0.15, 0.2) is 11.6 Å². The van der Waals surface area contributed by atoms with Gasteiger partial charge in [-0.25, -0.2) is 14.2 Å². The fraction of sp³-hybridized carbons (Fsp3) is 0.533. The van der Waals surface area contributed by atoms with Crippen molar-refractivity contribution in [1.82, 2.24) is 4.98 Å². The molecule has 0 unspecified atom stereocenters. The lowest BCUT2D eigenvalue weighted by atomic mass is 9.82. The van der Waals surface area contributed by atoms with E-state index in [0.717, 1.165) is 38.3 Å². The summed E-state index contributed by atoms with van der Waals surface area (Å²) in [4.78, 5) is 43.7. The molecule has 0 aliphatic heterocycles. The number of hydrogen-bond acceptors (Lipinski definition) is 8. The van der Waals surface area contributed by atoms with Gasteiger partial charge >= 0.3 is 12.1 Å². The lowest BCUT2D eigenvalue weighted by molar-refractivity contribution is -0.139. The van der Waals surface area contributed by atoms with E-state index in [-0.39, 0.29) is 53.5 Å². The summed E-state index contributed by atoms with van der Waals surface area (Å²) in [6, 6.07) is 1.64. The van der Waals surface area contributed by atoms with Gasteiger partial charge in [0, 0.05) is 44.9 Å². The number of nitrogens with zero attached hydrogens (tertiary/aromatic N) is 2. The van der Waals surface area contributed by atoms with E-state index in [4.69, 9.17) is 18.9 Å². The Bertz CT molecular complexity index is 1330. The van der Waals surface area contributed by atoms with Crippen molar-refractivity contribution in [2.45, 2.75) is 51.2 Å². The number of pyridine rings is 1. The number of alkyl halides is 4. The number of rotatable bonds is 13. The Kier molecular flexibility index (Phi) is 12.7. The fourth-order valence-corrected chi connectivity index (χ4v) is 5.33. The van der Waals surface area contributed by atoms with Crippen LogP contribution in [-0.2, 0) is 36.4 Å². The third kappa shape index (κ3) is 8.75. The maximum absolute atomic E-state index is 15.7. The Balaban J connectivity index is 2.14. The summed E-state index contributed by atoms with van der Waals surface area (Å²) in [5.74, 6) is -4.62. The first-order valence-corrected chi connectivity index (χ1v) is 15.0. The second kappa shape index (κ2) is 15.8. The second-order valence-corrected chi connectivity index (χ2v) is 11.2. The topological polar surface area (TPSA) is 104 Å². The van der Waals surface area contributed by atoms with E-state index in [1.54, 1.807) is 0 Å². The highest BCUT2D eigenvalue weighted by molar-refractivity contribution is 9.09. The van der Waals surface area contributed by atoms with Crippen molar-refractivity contribution in [2.75, 3.05) is 44.8 Å². The van der Waals surface area contributed by atoms with Crippen molar-refractivity contribution in [3.63, 3.8) is 0 Å². The van der Waals surface area contributed by atoms with Crippen LogP contribution in [0.1, 0.15) is 54.1 Å². The zero-order chi connectivity index (χ0) is 32.6. The molecule has 1 fully saturated rings. The second-order valence-electron chi connectivity index (χ2n) is 10.7. The van der Waals surface area contributed by atoms with Gasteiger partial charge < -0.3 is 23.8 Å². The molecular weight excluding hydrogens is 656 g/mol. The minimum atomic E-state index is -4.97. The Morgan fingerprint density at radius 1 is 1.05 bits per heavy atom. The van der Waals surface area contributed by atoms with Crippen LogP contribution in [0.15, 0.2) is 24.4 Å². The average molecular weight is 692 g/mol. The van der Waals surface area contributed by atoms with Gasteiger partial charge in [0.25, 0.3) is 0 Å². The van der Waals surface area contributed by atoms with Crippen LogP contribution in [0.2, 0.25) is 0 Å². The Morgan fingerprint density at radius 2 is 1.68 bits per heavy atom. The number of carbonyl (C=O) groups is 3. The molecule has 0 N–H and O–H groups in total. The Morgan fingerprint density at radius 3 is 2.23 bits per heavy atom. The molecule has 1 aliphatic carbocycles. The largest absolute Gasteiger partial charge is 0.465 e. The first-order valence-electron chi connectivity index (χ1n) is 13.9. The molecule has 0 radical (unpaired) electrons. The number of esters is 1. The van der Waals surface area contributed by atoms with Crippen molar-refractivity contribution in [2.24, 2.45) is 11.8 Å². The number of carbonyl (C=O) groups excluding carboxylic acids is 3. The minimum absolute atomic E-state index is 0.0196. The van der Waals surface area contributed by atoms with Gasteiger partial charge in [-0.15, -0.1) is 0 Å². The number of methoxy groups -OCH3 is 3. The van der Waals surface area contributed by atoms with E-state index in [1.165, 1.54) is 19.1 Å². The maximum Gasteiger partial charge on any atom is 0.421 e. The third-order valence-electron chi connectivity index (χ3n) is 7.37. The molecule has 1 aromatic heterocycles.